The first-order valence-corrected chi connectivity index (χ1v) is 8.84. The molecular formula is C19H27ClN4O2. The molecule has 0 aliphatic heterocycles. The third-order valence-electron chi connectivity index (χ3n) is 4.93. The molecule has 1 fully saturated rings. The molecule has 0 saturated heterocycles. The summed E-state index contributed by atoms with van der Waals surface area (Å²) in [5.41, 5.74) is 8.18. The van der Waals surface area contributed by atoms with E-state index in [0.29, 0.717) is 18.2 Å². The fourth-order valence-electron chi connectivity index (χ4n) is 3.48. The van der Waals surface area contributed by atoms with Crippen LogP contribution in [0, 0.1) is 12.8 Å². The molecule has 1 aromatic heterocycles. The molecule has 1 aliphatic rings. The number of aryl methyl sites for hydroxylation is 1. The summed E-state index contributed by atoms with van der Waals surface area (Å²) in [6.45, 7) is 2.62. The molecule has 2 aromatic rings. The maximum atomic E-state index is 12.6. The minimum atomic E-state index is -0.143. The van der Waals surface area contributed by atoms with Crippen LogP contribution in [-0.4, -0.2) is 35.4 Å². The molecule has 6 nitrogen and oxygen atoms in total. The molecule has 0 spiro atoms. The van der Waals surface area contributed by atoms with Crippen molar-refractivity contribution in [3.63, 3.8) is 0 Å². The number of halogens is 1. The zero-order valence-corrected chi connectivity index (χ0v) is 16.1. The van der Waals surface area contributed by atoms with E-state index in [9.17, 15) is 4.79 Å². The van der Waals surface area contributed by atoms with Gasteiger partial charge in [-0.1, -0.05) is 18.9 Å². The first-order valence-electron chi connectivity index (χ1n) is 8.84. The van der Waals surface area contributed by atoms with E-state index in [2.05, 4.69) is 10.4 Å². The average Bonchev–Trinajstić information content (AvgIpc) is 3.12. The second-order valence-corrected chi connectivity index (χ2v) is 6.68. The molecule has 1 saturated carbocycles. The number of nitrogens with zero attached hydrogens (tertiary/aromatic N) is 2. The number of benzene rings is 1. The van der Waals surface area contributed by atoms with Crippen molar-refractivity contribution in [2.75, 3.05) is 13.7 Å². The maximum Gasteiger partial charge on any atom is 0.272 e. The highest BCUT2D eigenvalue weighted by Gasteiger charge is 2.26. The van der Waals surface area contributed by atoms with E-state index >= 15 is 0 Å². The number of carbonyl (C=O) groups excluding carboxylic acids is 1. The summed E-state index contributed by atoms with van der Waals surface area (Å²) in [5, 5.41) is 7.55. The molecule has 7 heteroatoms. The first kappa shape index (κ1) is 20.3. The largest absolute Gasteiger partial charge is 0.494 e. The van der Waals surface area contributed by atoms with Crippen LogP contribution >= 0.6 is 12.4 Å². The van der Waals surface area contributed by atoms with E-state index in [1.807, 2.05) is 25.1 Å². The number of ether oxygens (including phenoxy) is 1. The van der Waals surface area contributed by atoms with Crippen LogP contribution in [0.4, 0.5) is 0 Å². The average molecular weight is 379 g/mol. The Morgan fingerprint density at radius 3 is 2.85 bits per heavy atom. The zero-order valence-electron chi connectivity index (χ0n) is 15.3. The molecule has 1 amide bonds. The highest BCUT2D eigenvalue weighted by atomic mass is 35.5. The van der Waals surface area contributed by atoms with Gasteiger partial charge in [-0.15, -0.1) is 12.4 Å². The van der Waals surface area contributed by atoms with Crippen molar-refractivity contribution < 1.29 is 9.53 Å². The van der Waals surface area contributed by atoms with E-state index in [4.69, 9.17) is 10.5 Å². The fourth-order valence-corrected chi connectivity index (χ4v) is 3.48. The molecule has 26 heavy (non-hydrogen) atoms. The van der Waals surface area contributed by atoms with Gasteiger partial charge < -0.3 is 15.8 Å². The predicted octanol–water partition coefficient (Wildman–Crippen LogP) is 2.86. The van der Waals surface area contributed by atoms with E-state index in [0.717, 1.165) is 36.3 Å². The van der Waals surface area contributed by atoms with Crippen molar-refractivity contribution >= 4 is 18.3 Å². The Kier molecular flexibility index (Phi) is 7.06. The maximum absolute atomic E-state index is 12.6. The SMILES string of the molecule is COc1ccc(C)cc1-n1ccc(C(=O)NC2CCCCC2CN)n1.Cl. The van der Waals surface area contributed by atoms with Crippen LogP contribution in [-0.2, 0) is 0 Å². The second-order valence-electron chi connectivity index (χ2n) is 6.68. The number of nitrogens with two attached hydrogens (primary N) is 1. The standard InChI is InChI=1S/C19H26N4O2.ClH/c1-13-7-8-18(25-2)17(11-13)23-10-9-16(22-23)19(24)21-15-6-4-3-5-14(15)12-20;/h7-11,14-15H,3-6,12,20H2,1-2H3,(H,21,24);1H. The number of hydrogen-bond acceptors (Lipinski definition) is 4. The minimum Gasteiger partial charge on any atom is -0.494 e. The lowest BCUT2D eigenvalue weighted by Crippen LogP contribution is -2.44. The number of carbonyl (C=O) groups is 1. The van der Waals surface area contributed by atoms with E-state index in [1.54, 1.807) is 24.1 Å². The Labute approximate surface area is 160 Å². The van der Waals surface area contributed by atoms with Crippen molar-refractivity contribution in [2.45, 2.75) is 38.6 Å². The van der Waals surface area contributed by atoms with Gasteiger partial charge in [0.15, 0.2) is 5.69 Å². The number of aromatic nitrogens is 2. The number of hydrogen-bond donors (Lipinski definition) is 2. The van der Waals surface area contributed by atoms with E-state index in [-0.39, 0.29) is 24.4 Å². The zero-order chi connectivity index (χ0) is 17.8. The van der Waals surface area contributed by atoms with Gasteiger partial charge in [0.1, 0.15) is 11.4 Å². The molecule has 2 atom stereocenters. The van der Waals surface area contributed by atoms with Gasteiger partial charge >= 0.3 is 0 Å². The first-order chi connectivity index (χ1) is 12.1. The van der Waals surface area contributed by atoms with E-state index in [1.165, 1.54) is 6.42 Å². The molecule has 3 N–H and O–H groups in total. The summed E-state index contributed by atoms with van der Waals surface area (Å²) >= 11 is 0. The molecule has 0 bridgehead atoms. The van der Waals surface area contributed by atoms with Crippen molar-refractivity contribution in [3.8, 4) is 11.4 Å². The molecule has 2 unspecified atom stereocenters. The molecule has 1 heterocycles. The number of rotatable bonds is 5. The molecule has 0 radical (unpaired) electrons. The van der Waals surface area contributed by atoms with Crippen molar-refractivity contribution in [1.29, 1.82) is 0 Å². The number of methoxy groups -OCH3 is 1. The van der Waals surface area contributed by atoms with Crippen LogP contribution in [0.15, 0.2) is 30.5 Å². The van der Waals surface area contributed by atoms with E-state index < -0.39 is 0 Å². The third kappa shape index (κ3) is 4.37. The number of amides is 1. The quantitative estimate of drug-likeness (QED) is 0.838. The van der Waals surface area contributed by atoms with Gasteiger partial charge in [-0.2, -0.15) is 5.10 Å². The van der Waals surface area contributed by atoms with Crippen LogP contribution < -0.4 is 15.8 Å². The van der Waals surface area contributed by atoms with Crippen LogP contribution in [0.2, 0.25) is 0 Å². The lowest BCUT2D eigenvalue weighted by molar-refractivity contribution is 0.0902. The summed E-state index contributed by atoms with van der Waals surface area (Å²) < 4.78 is 7.08. The van der Waals surface area contributed by atoms with Crippen LogP contribution in [0.5, 0.6) is 5.75 Å². The summed E-state index contributed by atoms with van der Waals surface area (Å²) in [6.07, 6.45) is 6.18. The van der Waals surface area contributed by atoms with Crippen LogP contribution in [0.1, 0.15) is 41.7 Å². The molecular weight excluding hydrogens is 352 g/mol. The summed E-state index contributed by atoms with van der Waals surface area (Å²) in [5.74, 6) is 0.934. The van der Waals surface area contributed by atoms with Crippen molar-refractivity contribution in [1.82, 2.24) is 15.1 Å². The van der Waals surface area contributed by atoms with Crippen LogP contribution in [0.3, 0.4) is 0 Å². The minimum absolute atomic E-state index is 0. The lowest BCUT2D eigenvalue weighted by atomic mass is 9.84. The normalized spacial score (nSPS) is 19.5. The Bertz CT molecular complexity index is 747. The van der Waals surface area contributed by atoms with Gasteiger partial charge in [0.05, 0.1) is 7.11 Å². The van der Waals surface area contributed by atoms with Gasteiger partial charge in [-0.05, 0) is 56.0 Å². The highest BCUT2D eigenvalue weighted by Crippen LogP contribution is 2.25. The topological polar surface area (TPSA) is 82.2 Å². The summed E-state index contributed by atoms with van der Waals surface area (Å²) in [6, 6.07) is 7.75. The summed E-state index contributed by atoms with van der Waals surface area (Å²) in [7, 11) is 1.63. The fraction of sp³-hybridized carbons (Fsp3) is 0.474. The van der Waals surface area contributed by atoms with Crippen molar-refractivity contribution in [3.05, 3.63) is 41.7 Å². The van der Waals surface area contributed by atoms with Gasteiger partial charge in [-0.3, -0.25) is 4.79 Å². The van der Waals surface area contributed by atoms with Gasteiger partial charge in [0, 0.05) is 12.2 Å². The van der Waals surface area contributed by atoms with Crippen molar-refractivity contribution in [2.24, 2.45) is 11.7 Å². The summed E-state index contributed by atoms with van der Waals surface area (Å²) in [4.78, 5) is 12.6. The Morgan fingerprint density at radius 2 is 2.12 bits per heavy atom. The van der Waals surface area contributed by atoms with Gasteiger partial charge in [0.25, 0.3) is 5.91 Å². The van der Waals surface area contributed by atoms with Crippen LogP contribution in [0.25, 0.3) is 5.69 Å². The van der Waals surface area contributed by atoms with Gasteiger partial charge in [0.2, 0.25) is 0 Å². The van der Waals surface area contributed by atoms with Gasteiger partial charge in [-0.25, -0.2) is 4.68 Å². The third-order valence-corrected chi connectivity index (χ3v) is 4.93. The Balaban J connectivity index is 0.00000243. The molecule has 142 valence electrons. The predicted molar refractivity (Wildman–Crippen MR) is 104 cm³/mol. The molecule has 3 rings (SSSR count). The molecule has 1 aliphatic carbocycles. The molecule has 1 aromatic carbocycles. The highest BCUT2D eigenvalue weighted by molar-refractivity contribution is 5.92. The number of nitrogens with one attached hydrogen (secondary N) is 1. The monoisotopic (exact) mass is 378 g/mol. The smallest absolute Gasteiger partial charge is 0.272 e. The lowest BCUT2D eigenvalue weighted by Gasteiger charge is -2.31. The Morgan fingerprint density at radius 1 is 1.35 bits per heavy atom. The Hall–Kier alpha value is -2.05. The second kappa shape index (κ2) is 9.05.